The number of carbonyl (C=O) groups is 1. The molecule has 3 rings (SSSR count). The van der Waals surface area contributed by atoms with Gasteiger partial charge in [-0.15, -0.1) is 0 Å². The van der Waals surface area contributed by atoms with E-state index in [1.807, 2.05) is 17.9 Å². The van der Waals surface area contributed by atoms with Crippen molar-refractivity contribution in [3.63, 3.8) is 0 Å². The highest BCUT2D eigenvalue weighted by Gasteiger charge is 2.28. The Hall–Kier alpha value is -2.31. The van der Waals surface area contributed by atoms with Crippen molar-refractivity contribution in [3.8, 4) is 0 Å². The van der Waals surface area contributed by atoms with Gasteiger partial charge < -0.3 is 16.0 Å². The highest BCUT2D eigenvalue weighted by atomic mass is 16.6. The van der Waals surface area contributed by atoms with E-state index in [4.69, 9.17) is 10.4 Å². The van der Waals surface area contributed by atoms with Gasteiger partial charge in [0, 0.05) is 13.1 Å². The summed E-state index contributed by atoms with van der Waals surface area (Å²) in [6, 6.07) is 3.35. The number of nitrogen functional groups attached to an aromatic ring is 1. The lowest BCUT2D eigenvalue weighted by molar-refractivity contribution is -0.122. The Morgan fingerprint density at radius 3 is 3.06 bits per heavy atom. The van der Waals surface area contributed by atoms with Crippen LogP contribution in [0.5, 0.6) is 0 Å². The molecule has 0 aliphatic carbocycles. The van der Waals surface area contributed by atoms with E-state index in [0.29, 0.717) is 23.3 Å². The van der Waals surface area contributed by atoms with Crippen LogP contribution in [-0.4, -0.2) is 35.4 Å². The molecule has 0 bridgehead atoms. The second-order valence-electron chi connectivity index (χ2n) is 4.30. The molecule has 2 aromatic rings. The first kappa shape index (κ1) is 10.8. The van der Waals surface area contributed by atoms with E-state index in [1.165, 1.54) is 0 Å². The van der Waals surface area contributed by atoms with Crippen LogP contribution in [0.4, 0.5) is 11.4 Å². The number of hydrogen-bond donors (Lipinski definition) is 2. The van der Waals surface area contributed by atoms with E-state index in [-0.39, 0.29) is 11.9 Å². The third kappa shape index (κ3) is 1.47. The minimum Gasteiger partial charge on any atom is -0.397 e. The summed E-state index contributed by atoms with van der Waals surface area (Å²) in [5.41, 5.74) is 8.27. The fraction of sp³-hybridized carbons (Fsp3) is 0.364. The quantitative estimate of drug-likeness (QED) is 0.695. The lowest BCUT2D eigenvalue weighted by Crippen LogP contribution is -2.54. The van der Waals surface area contributed by atoms with Gasteiger partial charge in [-0.25, -0.2) is 4.63 Å². The minimum absolute atomic E-state index is 0.00248. The van der Waals surface area contributed by atoms with E-state index >= 15 is 0 Å². The maximum absolute atomic E-state index is 11.7. The number of anilines is 2. The zero-order valence-corrected chi connectivity index (χ0v) is 9.88. The molecular weight excluding hydrogens is 234 g/mol. The van der Waals surface area contributed by atoms with Gasteiger partial charge in [-0.05, 0) is 29.4 Å². The number of rotatable bonds is 1. The van der Waals surface area contributed by atoms with Crippen molar-refractivity contribution in [1.82, 2.24) is 15.6 Å². The van der Waals surface area contributed by atoms with Crippen LogP contribution in [0.3, 0.4) is 0 Å². The van der Waals surface area contributed by atoms with Gasteiger partial charge in [0.15, 0.2) is 11.0 Å². The lowest BCUT2D eigenvalue weighted by atomic mass is 10.1. The van der Waals surface area contributed by atoms with Gasteiger partial charge in [-0.2, -0.15) is 0 Å². The van der Waals surface area contributed by atoms with Crippen LogP contribution < -0.4 is 16.0 Å². The van der Waals surface area contributed by atoms with Crippen LogP contribution in [-0.2, 0) is 4.79 Å². The maximum atomic E-state index is 11.7. The fourth-order valence-electron chi connectivity index (χ4n) is 2.22. The Morgan fingerprint density at radius 1 is 1.44 bits per heavy atom. The number of nitrogens with one attached hydrogen (secondary N) is 1. The van der Waals surface area contributed by atoms with Crippen molar-refractivity contribution in [2.75, 3.05) is 23.7 Å². The Morgan fingerprint density at radius 2 is 2.22 bits per heavy atom. The molecule has 94 valence electrons. The summed E-state index contributed by atoms with van der Waals surface area (Å²) in [6.45, 7) is 3.18. The summed E-state index contributed by atoms with van der Waals surface area (Å²) in [7, 11) is 0. The van der Waals surface area contributed by atoms with Crippen molar-refractivity contribution >= 4 is 28.3 Å². The molecule has 1 aliphatic rings. The van der Waals surface area contributed by atoms with Gasteiger partial charge in [-0.3, -0.25) is 4.79 Å². The number of nitrogens with two attached hydrogens (primary N) is 1. The molecule has 18 heavy (non-hydrogen) atoms. The second-order valence-corrected chi connectivity index (χ2v) is 4.30. The van der Waals surface area contributed by atoms with Crippen molar-refractivity contribution in [1.29, 1.82) is 0 Å². The molecule has 7 nitrogen and oxygen atoms in total. The van der Waals surface area contributed by atoms with Gasteiger partial charge in [0.1, 0.15) is 6.04 Å². The topological polar surface area (TPSA) is 97.3 Å². The highest BCUT2D eigenvalue weighted by Crippen LogP contribution is 2.29. The van der Waals surface area contributed by atoms with Gasteiger partial charge in [0.2, 0.25) is 5.91 Å². The molecule has 1 aromatic carbocycles. The largest absolute Gasteiger partial charge is 0.397 e. The van der Waals surface area contributed by atoms with E-state index in [9.17, 15) is 4.79 Å². The molecule has 2 heterocycles. The average molecular weight is 247 g/mol. The number of amides is 1. The van der Waals surface area contributed by atoms with Crippen molar-refractivity contribution < 1.29 is 9.42 Å². The summed E-state index contributed by atoms with van der Waals surface area (Å²) in [5.74, 6) is 0.00248. The number of fused-ring (bicyclic) bond motifs is 1. The first-order valence-corrected chi connectivity index (χ1v) is 5.73. The Labute approximate surface area is 103 Å². The molecule has 1 atom stereocenters. The van der Waals surface area contributed by atoms with Gasteiger partial charge >= 0.3 is 0 Å². The zero-order valence-electron chi connectivity index (χ0n) is 9.88. The monoisotopic (exact) mass is 247 g/mol. The molecule has 1 saturated heterocycles. The minimum atomic E-state index is -0.248. The standard InChI is InChI=1S/C11H13N5O2/c1-6-11(17)13-4-5-16(6)8-3-2-7(12)9-10(8)15-18-14-9/h2-3,6H,4-5,12H2,1H3,(H,13,17). The summed E-state index contributed by atoms with van der Waals surface area (Å²) < 4.78 is 4.73. The molecule has 1 amide bonds. The summed E-state index contributed by atoms with van der Waals surface area (Å²) in [4.78, 5) is 13.7. The van der Waals surface area contributed by atoms with Crippen molar-refractivity contribution in [2.24, 2.45) is 0 Å². The number of aromatic nitrogens is 2. The van der Waals surface area contributed by atoms with E-state index < -0.39 is 0 Å². The summed E-state index contributed by atoms with van der Waals surface area (Å²) in [6.07, 6.45) is 0. The third-order valence-corrected chi connectivity index (χ3v) is 3.23. The number of nitrogens with zero attached hydrogens (tertiary/aromatic N) is 3. The third-order valence-electron chi connectivity index (χ3n) is 3.23. The van der Waals surface area contributed by atoms with E-state index in [0.717, 1.165) is 12.2 Å². The van der Waals surface area contributed by atoms with Crippen LogP contribution in [0.1, 0.15) is 6.92 Å². The summed E-state index contributed by atoms with van der Waals surface area (Å²) >= 11 is 0. The molecule has 1 unspecified atom stereocenters. The first-order valence-electron chi connectivity index (χ1n) is 5.73. The van der Waals surface area contributed by atoms with Gasteiger partial charge in [0.25, 0.3) is 0 Å². The molecule has 3 N–H and O–H groups in total. The Kier molecular flexibility index (Phi) is 2.32. The normalized spacial score (nSPS) is 20.2. The number of piperazine rings is 1. The van der Waals surface area contributed by atoms with Crippen molar-refractivity contribution in [2.45, 2.75) is 13.0 Å². The Balaban J connectivity index is 2.11. The molecule has 0 saturated carbocycles. The molecule has 1 aromatic heterocycles. The number of carbonyl (C=O) groups excluding carboxylic acids is 1. The van der Waals surface area contributed by atoms with Gasteiger partial charge in [-0.1, -0.05) is 0 Å². The molecular formula is C11H13N5O2. The summed E-state index contributed by atoms with van der Waals surface area (Å²) in [5, 5.41) is 10.5. The SMILES string of the molecule is CC1C(=O)NCCN1c1ccc(N)c2nonc12. The highest BCUT2D eigenvalue weighted by molar-refractivity contribution is 5.97. The van der Waals surface area contributed by atoms with Crippen LogP contribution in [0.15, 0.2) is 16.8 Å². The molecule has 7 heteroatoms. The predicted octanol–water partition coefficient (Wildman–Crippen LogP) is 0.130. The Bertz CT molecular complexity index is 608. The van der Waals surface area contributed by atoms with Crippen LogP contribution in [0.2, 0.25) is 0 Å². The van der Waals surface area contributed by atoms with E-state index in [1.54, 1.807) is 6.07 Å². The van der Waals surface area contributed by atoms with Crippen LogP contribution in [0.25, 0.3) is 11.0 Å². The number of hydrogen-bond acceptors (Lipinski definition) is 6. The predicted molar refractivity (Wildman–Crippen MR) is 66.0 cm³/mol. The maximum Gasteiger partial charge on any atom is 0.242 e. The van der Waals surface area contributed by atoms with E-state index in [2.05, 4.69) is 15.6 Å². The first-order chi connectivity index (χ1) is 8.68. The molecule has 0 radical (unpaired) electrons. The number of benzene rings is 1. The van der Waals surface area contributed by atoms with Crippen LogP contribution in [0, 0.1) is 0 Å². The zero-order chi connectivity index (χ0) is 12.7. The molecule has 0 spiro atoms. The average Bonchev–Trinajstić information content (AvgIpc) is 2.84. The lowest BCUT2D eigenvalue weighted by Gasteiger charge is -2.34. The molecule has 1 fully saturated rings. The second kappa shape index (κ2) is 3.86. The van der Waals surface area contributed by atoms with Gasteiger partial charge in [0.05, 0.1) is 11.4 Å². The molecule has 1 aliphatic heterocycles. The van der Waals surface area contributed by atoms with Crippen LogP contribution >= 0.6 is 0 Å². The fourth-order valence-corrected chi connectivity index (χ4v) is 2.22. The van der Waals surface area contributed by atoms with Crippen molar-refractivity contribution in [3.05, 3.63) is 12.1 Å². The smallest absolute Gasteiger partial charge is 0.242 e.